The fourth-order valence-electron chi connectivity index (χ4n) is 2.35. The van der Waals surface area contributed by atoms with Crippen LogP contribution in [-0.4, -0.2) is 46.3 Å². The molecule has 20 heavy (non-hydrogen) atoms. The largest absolute Gasteiger partial charge is 0.478 e. The van der Waals surface area contributed by atoms with E-state index in [4.69, 9.17) is 5.11 Å². The van der Waals surface area contributed by atoms with Crippen LogP contribution in [0, 0.1) is 0 Å². The molecule has 1 saturated heterocycles. The van der Waals surface area contributed by atoms with Crippen LogP contribution in [0.5, 0.6) is 0 Å². The standard InChI is InChI=1S/C14H18N2O4/c17-9-12-3-1-2-8-16(12)14(20)15-11-6-4-10(5-7-11)13(18)19/h4-7,12,17H,1-3,8-9H2,(H,15,20)(H,18,19). The quantitative estimate of drug-likeness (QED) is 0.786. The average molecular weight is 278 g/mol. The van der Waals surface area contributed by atoms with Crippen molar-refractivity contribution in [3.05, 3.63) is 29.8 Å². The summed E-state index contributed by atoms with van der Waals surface area (Å²) in [5.74, 6) is -1.00. The summed E-state index contributed by atoms with van der Waals surface area (Å²) in [5, 5.41) is 20.8. The number of likely N-dealkylation sites (tertiary alicyclic amines) is 1. The first-order valence-electron chi connectivity index (χ1n) is 6.63. The molecule has 1 unspecified atom stereocenters. The van der Waals surface area contributed by atoms with Crippen LogP contribution in [0.2, 0.25) is 0 Å². The van der Waals surface area contributed by atoms with Crippen LogP contribution in [0.1, 0.15) is 29.6 Å². The summed E-state index contributed by atoms with van der Waals surface area (Å²) >= 11 is 0. The minimum atomic E-state index is -1.00. The topological polar surface area (TPSA) is 89.9 Å². The molecule has 1 aliphatic rings. The summed E-state index contributed by atoms with van der Waals surface area (Å²) in [5.41, 5.74) is 0.719. The Morgan fingerprint density at radius 1 is 1.25 bits per heavy atom. The van der Waals surface area contributed by atoms with E-state index in [0.29, 0.717) is 12.2 Å². The van der Waals surface area contributed by atoms with Gasteiger partial charge in [0, 0.05) is 12.2 Å². The summed E-state index contributed by atoms with van der Waals surface area (Å²) in [4.78, 5) is 24.5. The number of aliphatic hydroxyl groups excluding tert-OH is 1. The highest BCUT2D eigenvalue weighted by atomic mass is 16.4. The molecule has 3 N–H and O–H groups in total. The van der Waals surface area contributed by atoms with Gasteiger partial charge < -0.3 is 20.4 Å². The van der Waals surface area contributed by atoms with Crippen molar-refractivity contribution in [1.82, 2.24) is 4.90 Å². The second-order valence-corrected chi connectivity index (χ2v) is 4.84. The molecule has 6 heteroatoms. The molecule has 0 spiro atoms. The van der Waals surface area contributed by atoms with E-state index in [0.717, 1.165) is 19.3 Å². The molecule has 1 aromatic rings. The number of aliphatic hydroxyl groups is 1. The van der Waals surface area contributed by atoms with Gasteiger partial charge in [0.05, 0.1) is 18.2 Å². The number of aromatic carboxylic acids is 1. The van der Waals surface area contributed by atoms with Crippen molar-refractivity contribution in [3.63, 3.8) is 0 Å². The minimum Gasteiger partial charge on any atom is -0.478 e. The SMILES string of the molecule is O=C(O)c1ccc(NC(=O)N2CCCCC2CO)cc1. The predicted octanol–water partition coefficient (Wildman–Crippen LogP) is 1.76. The van der Waals surface area contributed by atoms with Gasteiger partial charge in [-0.05, 0) is 43.5 Å². The van der Waals surface area contributed by atoms with Crippen LogP contribution in [0.25, 0.3) is 0 Å². The third-order valence-corrected chi connectivity index (χ3v) is 3.48. The lowest BCUT2D eigenvalue weighted by molar-refractivity contribution is 0.0697. The van der Waals surface area contributed by atoms with E-state index in [1.165, 1.54) is 12.1 Å². The van der Waals surface area contributed by atoms with Gasteiger partial charge in [0.2, 0.25) is 0 Å². The van der Waals surface area contributed by atoms with Gasteiger partial charge in [0.1, 0.15) is 0 Å². The number of urea groups is 1. The zero-order chi connectivity index (χ0) is 14.5. The van der Waals surface area contributed by atoms with Crippen LogP contribution in [-0.2, 0) is 0 Å². The zero-order valence-electron chi connectivity index (χ0n) is 11.1. The monoisotopic (exact) mass is 278 g/mol. The van der Waals surface area contributed by atoms with Gasteiger partial charge in [-0.2, -0.15) is 0 Å². The van der Waals surface area contributed by atoms with Crippen molar-refractivity contribution >= 4 is 17.7 Å². The molecule has 1 fully saturated rings. The molecule has 1 aliphatic heterocycles. The number of nitrogens with one attached hydrogen (secondary N) is 1. The molecule has 1 aromatic carbocycles. The highest BCUT2D eigenvalue weighted by molar-refractivity contribution is 5.91. The van der Waals surface area contributed by atoms with Gasteiger partial charge in [-0.25, -0.2) is 9.59 Å². The Labute approximate surface area is 117 Å². The zero-order valence-corrected chi connectivity index (χ0v) is 11.1. The van der Waals surface area contributed by atoms with Crippen molar-refractivity contribution in [2.75, 3.05) is 18.5 Å². The molecule has 6 nitrogen and oxygen atoms in total. The lowest BCUT2D eigenvalue weighted by atomic mass is 10.0. The Kier molecular flexibility index (Phi) is 4.57. The summed E-state index contributed by atoms with van der Waals surface area (Å²) in [6.45, 7) is 0.593. The number of rotatable bonds is 3. The van der Waals surface area contributed by atoms with Gasteiger partial charge in [0.15, 0.2) is 0 Å². The maximum Gasteiger partial charge on any atom is 0.335 e. The smallest absolute Gasteiger partial charge is 0.335 e. The van der Waals surface area contributed by atoms with E-state index < -0.39 is 5.97 Å². The van der Waals surface area contributed by atoms with Crippen LogP contribution in [0.4, 0.5) is 10.5 Å². The second-order valence-electron chi connectivity index (χ2n) is 4.84. The van der Waals surface area contributed by atoms with Gasteiger partial charge in [0.25, 0.3) is 0 Å². The highest BCUT2D eigenvalue weighted by Gasteiger charge is 2.25. The van der Waals surface area contributed by atoms with Gasteiger partial charge in [-0.3, -0.25) is 0 Å². The minimum absolute atomic E-state index is 0.0363. The van der Waals surface area contributed by atoms with Crippen molar-refractivity contribution < 1.29 is 19.8 Å². The summed E-state index contributed by atoms with van der Waals surface area (Å²) in [7, 11) is 0. The number of carbonyl (C=O) groups excluding carboxylic acids is 1. The molecule has 0 bridgehead atoms. The number of anilines is 1. The number of nitrogens with zero attached hydrogens (tertiary/aromatic N) is 1. The number of carboxylic acids is 1. The molecule has 2 amide bonds. The third kappa shape index (κ3) is 3.27. The number of carboxylic acid groups (broad SMARTS) is 1. The normalized spacial score (nSPS) is 18.6. The van der Waals surface area contributed by atoms with Crippen molar-refractivity contribution in [3.8, 4) is 0 Å². The fourth-order valence-corrected chi connectivity index (χ4v) is 2.35. The number of amides is 2. The van der Waals surface area contributed by atoms with Crippen molar-refractivity contribution in [2.24, 2.45) is 0 Å². The first-order chi connectivity index (χ1) is 9.61. The maximum atomic E-state index is 12.1. The fraction of sp³-hybridized carbons (Fsp3) is 0.429. The summed E-state index contributed by atoms with van der Waals surface area (Å²) in [6.07, 6.45) is 2.76. The number of carbonyl (C=O) groups is 2. The maximum absolute atomic E-state index is 12.1. The summed E-state index contributed by atoms with van der Waals surface area (Å²) in [6, 6.07) is 5.60. The number of piperidine rings is 1. The van der Waals surface area contributed by atoms with Crippen LogP contribution in [0.3, 0.4) is 0 Å². The third-order valence-electron chi connectivity index (χ3n) is 3.48. The van der Waals surface area contributed by atoms with Gasteiger partial charge >= 0.3 is 12.0 Å². The molecule has 2 rings (SSSR count). The van der Waals surface area contributed by atoms with E-state index in [2.05, 4.69) is 5.32 Å². The van der Waals surface area contributed by atoms with Crippen LogP contribution >= 0.6 is 0 Å². The molecular formula is C14H18N2O4. The van der Waals surface area contributed by atoms with Crippen LogP contribution in [0.15, 0.2) is 24.3 Å². The Bertz CT molecular complexity index is 486. The van der Waals surface area contributed by atoms with Gasteiger partial charge in [-0.15, -0.1) is 0 Å². The van der Waals surface area contributed by atoms with Crippen molar-refractivity contribution in [2.45, 2.75) is 25.3 Å². The number of hydrogen-bond acceptors (Lipinski definition) is 3. The van der Waals surface area contributed by atoms with E-state index in [1.54, 1.807) is 17.0 Å². The first-order valence-corrected chi connectivity index (χ1v) is 6.63. The lowest BCUT2D eigenvalue weighted by Crippen LogP contribution is -2.47. The molecular weight excluding hydrogens is 260 g/mol. The Balaban J connectivity index is 2.01. The molecule has 0 saturated carbocycles. The molecule has 1 heterocycles. The highest BCUT2D eigenvalue weighted by Crippen LogP contribution is 2.18. The second kappa shape index (κ2) is 6.38. The predicted molar refractivity (Wildman–Crippen MR) is 73.9 cm³/mol. The molecule has 108 valence electrons. The lowest BCUT2D eigenvalue weighted by Gasteiger charge is -2.34. The summed E-state index contributed by atoms with van der Waals surface area (Å²) < 4.78 is 0. The molecule has 0 aliphatic carbocycles. The van der Waals surface area contributed by atoms with E-state index in [9.17, 15) is 14.7 Å². The Morgan fingerprint density at radius 3 is 2.55 bits per heavy atom. The van der Waals surface area contributed by atoms with Gasteiger partial charge in [-0.1, -0.05) is 0 Å². The Morgan fingerprint density at radius 2 is 1.95 bits per heavy atom. The number of benzene rings is 1. The average Bonchev–Trinajstić information content (AvgIpc) is 2.47. The molecule has 0 aromatic heterocycles. The molecule has 0 radical (unpaired) electrons. The first kappa shape index (κ1) is 14.3. The Hall–Kier alpha value is -2.08. The van der Waals surface area contributed by atoms with E-state index in [-0.39, 0.29) is 24.2 Å². The van der Waals surface area contributed by atoms with E-state index in [1.807, 2.05) is 0 Å². The molecule has 1 atom stereocenters. The van der Waals surface area contributed by atoms with E-state index >= 15 is 0 Å². The van der Waals surface area contributed by atoms with Crippen molar-refractivity contribution in [1.29, 1.82) is 0 Å². The number of hydrogen-bond donors (Lipinski definition) is 3. The van der Waals surface area contributed by atoms with Crippen LogP contribution < -0.4 is 5.32 Å².